The van der Waals surface area contributed by atoms with E-state index in [4.69, 9.17) is 0 Å². The fourth-order valence-electron chi connectivity index (χ4n) is 2.57. The van der Waals surface area contributed by atoms with E-state index in [2.05, 4.69) is 25.3 Å². The van der Waals surface area contributed by atoms with E-state index < -0.39 is 0 Å². The van der Waals surface area contributed by atoms with Gasteiger partial charge >= 0.3 is 0 Å². The average Bonchev–Trinajstić information content (AvgIpc) is 2.84. The highest BCUT2D eigenvalue weighted by Crippen LogP contribution is 2.37. The van der Waals surface area contributed by atoms with Gasteiger partial charge < -0.3 is 4.40 Å². The molecule has 0 spiro atoms. The predicted molar refractivity (Wildman–Crippen MR) is 71.1 cm³/mol. The maximum atomic E-state index is 13.2. The van der Waals surface area contributed by atoms with Crippen LogP contribution in [0.1, 0.15) is 11.3 Å². The van der Waals surface area contributed by atoms with Gasteiger partial charge in [-0.3, -0.25) is 0 Å². The summed E-state index contributed by atoms with van der Waals surface area (Å²) in [6.07, 6.45) is 2.74. The summed E-state index contributed by atoms with van der Waals surface area (Å²) in [5.41, 5.74) is 5.10. The molecule has 4 rings (SSSR count). The van der Waals surface area contributed by atoms with Gasteiger partial charge in [-0.2, -0.15) is 0 Å². The molecular formula is C14H8BrFN2. The SMILES string of the molecule is Fc1ccc2c(c1)Cc1c-2nc2ccc(Br)cn12. The molecule has 3 aromatic rings. The van der Waals surface area contributed by atoms with Gasteiger partial charge in [-0.25, -0.2) is 9.37 Å². The first-order chi connectivity index (χ1) is 8.72. The van der Waals surface area contributed by atoms with Gasteiger partial charge in [-0.15, -0.1) is 0 Å². The summed E-state index contributed by atoms with van der Waals surface area (Å²) in [6.45, 7) is 0. The first-order valence-electron chi connectivity index (χ1n) is 5.68. The Kier molecular flexibility index (Phi) is 1.95. The standard InChI is InChI=1S/C14H8BrFN2/c15-9-1-4-13-17-14-11-3-2-10(16)5-8(11)6-12(14)18(13)7-9/h1-5,7H,6H2. The van der Waals surface area contributed by atoms with Gasteiger partial charge in [0.25, 0.3) is 0 Å². The molecule has 88 valence electrons. The van der Waals surface area contributed by atoms with Crippen molar-refractivity contribution in [1.29, 1.82) is 0 Å². The molecule has 0 saturated carbocycles. The van der Waals surface area contributed by atoms with Crippen LogP contribution in [0.4, 0.5) is 4.39 Å². The number of rotatable bonds is 0. The topological polar surface area (TPSA) is 17.3 Å². The van der Waals surface area contributed by atoms with Crippen molar-refractivity contribution in [2.45, 2.75) is 6.42 Å². The number of aromatic nitrogens is 2. The zero-order valence-electron chi connectivity index (χ0n) is 9.32. The van der Waals surface area contributed by atoms with Crippen molar-refractivity contribution in [3.05, 3.63) is 58.1 Å². The number of imidazole rings is 1. The molecule has 0 amide bonds. The Morgan fingerprint density at radius 2 is 2.11 bits per heavy atom. The Bertz CT molecular complexity index is 792. The lowest BCUT2D eigenvalue weighted by atomic mass is 10.1. The van der Waals surface area contributed by atoms with Crippen molar-refractivity contribution >= 4 is 21.6 Å². The normalized spacial score (nSPS) is 12.8. The van der Waals surface area contributed by atoms with E-state index in [1.165, 1.54) is 6.07 Å². The first-order valence-corrected chi connectivity index (χ1v) is 6.47. The third-order valence-corrected chi connectivity index (χ3v) is 3.83. The summed E-state index contributed by atoms with van der Waals surface area (Å²) in [5.74, 6) is -0.186. The predicted octanol–water partition coefficient (Wildman–Crippen LogP) is 3.81. The molecule has 1 aromatic carbocycles. The molecule has 0 radical (unpaired) electrons. The highest BCUT2D eigenvalue weighted by Gasteiger charge is 2.24. The fraction of sp³-hybridized carbons (Fsp3) is 0.0714. The van der Waals surface area contributed by atoms with Crippen LogP contribution in [0, 0.1) is 5.82 Å². The zero-order valence-corrected chi connectivity index (χ0v) is 10.9. The van der Waals surface area contributed by atoms with Gasteiger partial charge in [0.15, 0.2) is 0 Å². The van der Waals surface area contributed by atoms with Crippen LogP contribution >= 0.6 is 15.9 Å². The lowest BCUT2D eigenvalue weighted by Gasteiger charge is -2.00. The highest BCUT2D eigenvalue weighted by atomic mass is 79.9. The number of hydrogen-bond donors (Lipinski definition) is 0. The molecule has 2 heterocycles. The highest BCUT2D eigenvalue weighted by molar-refractivity contribution is 9.10. The number of nitrogens with zero attached hydrogens (tertiary/aromatic N) is 2. The average molecular weight is 303 g/mol. The van der Waals surface area contributed by atoms with Crippen molar-refractivity contribution in [2.24, 2.45) is 0 Å². The monoisotopic (exact) mass is 302 g/mol. The minimum absolute atomic E-state index is 0.186. The Balaban J connectivity index is 2.04. The van der Waals surface area contributed by atoms with Crippen LogP contribution in [0.2, 0.25) is 0 Å². The van der Waals surface area contributed by atoms with E-state index in [1.807, 2.05) is 24.4 Å². The molecule has 2 aromatic heterocycles. The molecule has 0 aliphatic heterocycles. The Hall–Kier alpha value is -1.68. The van der Waals surface area contributed by atoms with E-state index in [9.17, 15) is 4.39 Å². The molecule has 0 fully saturated rings. The third kappa shape index (κ3) is 1.29. The van der Waals surface area contributed by atoms with Crippen LogP contribution in [0.25, 0.3) is 16.9 Å². The summed E-state index contributed by atoms with van der Waals surface area (Å²) in [7, 11) is 0. The molecule has 0 bridgehead atoms. The Morgan fingerprint density at radius 1 is 1.22 bits per heavy atom. The molecule has 0 saturated heterocycles. The first kappa shape index (κ1) is 10.3. The van der Waals surface area contributed by atoms with E-state index in [-0.39, 0.29) is 5.82 Å². The van der Waals surface area contributed by atoms with E-state index >= 15 is 0 Å². The maximum Gasteiger partial charge on any atom is 0.137 e. The number of hydrogen-bond acceptors (Lipinski definition) is 1. The van der Waals surface area contributed by atoms with Gasteiger partial charge in [0.05, 0.1) is 11.4 Å². The van der Waals surface area contributed by atoms with Gasteiger partial charge in [-0.1, -0.05) is 0 Å². The van der Waals surface area contributed by atoms with Gasteiger partial charge in [0, 0.05) is 22.7 Å². The fourth-order valence-corrected chi connectivity index (χ4v) is 2.91. The lowest BCUT2D eigenvalue weighted by molar-refractivity contribution is 0.626. The molecule has 0 unspecified atom stereocenters. The van der Waals surface area contributed by atoms with Gasteiger partial charge in [0.1, 0.15) is 11.5 Å². The van der Waals surface area contributed by atoms with Crippen molar-refractivity contribution in [3.63, 3.8) is 0 Å². The summed E-state index contributed by atoms with van der Waals surface area (Å²) in [5, 5.41) is 0. The van der Waals surface area contributed by atoms with Crippen LogP contribution < -0.4 is 0 Å². The molecule has 1 aliphatic rings. The minimum Gasteiger partial charge on any atom is -0.302 e. The second kappa shape index (κ2) is 3.42. The smallest absolute Gasteiger partial charge is 0.137 e. The third-order valence-electron chi connectivity index (χ3n) is 3.36. The molecular weight excluding hydrogens is 295 g/mol. The molecule has 0 atom stereocenters. The zero-order chi connectivity index (χ0) is 12.3. The summed E-state index contributed by atoms with van der Waals surface area (Å²) < 4.78 is 16.3. The number of benzene rings is 1. The largest absolute Gasteiger partial charge is 0.302 e. The van der Waals surface area contributed by atoms with E-state index in [1.54, 1.807) is 6.07 Å². The second-order valence-electron chi connectivity index (χ2n) is 4.46. The Morgan fingerprint density at radius 3 is 3.00 bits per heavy atom. The number of fused-ring (bicyclic) bond motifs is 5. The van der Waals surface area contributed by atoms with Crippen molar-refractivity contribution < 1.29 is 4.39 Å². The summed E-state index contributed by atoms with van der Waals surface area (Å²) >= 11 is 3.46. The molecule has 0 N–H and O–H groups in total. The van der Waals surface area contributed by atoms with Crippen molar-refractivity contribution in [3.8, 4) is 11.3 Å². The lowest BCUT2D eigenvalue weighted by Crippen LogP contribution is -1.91. The van der Waals surface area contributed by atoms with Crippen LogP contribution in [-0.2, 0) is 6.42 Å². The van der Waals surface area contributed by atoms with Crippen molar-refractivity contribution in [2.75, 3.05) is 0 Å². The molecule has 1 aliphatic carbocycles. The number of pyridine rings is 1. The minimum atomic E-state index is -0.186. The van der Waals surface area contributed by atoms with Gasteiger partial charge in [0.2, 0.25) is 0 Å². The number of halogens is 2. The molecule has 2 nitrogen and oxygen atoms in total. The Labute approximate surface area is 111 Å². The summed E-state index contributed by atoms with van der Waals surface area (Å²) in [4.78, 5) is 4.63. The van der Waals surface area contributed by atoms with E-state index in [0.29, 0.717) is 0 Å². The van der Waals surface area contributed by atoms with Crippen LogP contribution in [0.5, 0.6) is 0 Å². The maximum absolute atomic E-state index is 13.2. The second-order valence-corrected chi connectivity index (χ2v) is 5.38. The van der Waals surface area contributed by atoms with Gasteiger partial charge in [-0.05, 0) is 51.8 Å². The van der Waals surface area contributed by atoms with Crippen molar-refractivity contribution in [1.82, 2.24) is 9.38 Å². The van der Waals surface area contributed by atoms with Crippen LogP contribution in [0.3, 0.4) is 0 Å². The molecule has 4 heteroatoms. The van der Waals surface area contributed by atoms with E-state index in [0.717, 1.165) is 39.1 Å². The summed E-state index contributed by atoms with van der Waals surface area (Å²) in [6, 6.07) is 8.86. The molecule has 18 heavy (non-hydrogen) atoms. The van der Waals surface area contributed by atoms with Crippen LogP contribution in [0.15, 0.2) is 41.0 Å². The van der Waals surface area contributed by atoms with Crippen LogP contribution in [-0.4, -0.2) is 9.38 Å². The quantitative estimate of drug-likeness (QED) is 0.483.